The van der Waals surface area contributed by atoms with Crippen LogP contribution in [0.1, 0.15) is 31.0 Å². The number of fused-ring (bicyclic) bond motifs is 2. The van der Waals surface area contributed by atoms with Crippen molar-refractivity contribution in [1.82, 2.24) is 4.57 Å². The number of carbonyl (C=O) groups excluding carboxylic acids is 1. The van der Waals surface area contributed by atoms with Gasteiger partial charge in [-0.3, -0.25) is 14.2 Å². The second-order valence-corrected chi connectivity index (χ2v) is 9.66. The Balaban J connectivity index is 1.81. The Morgan fingerprint density at radius 3 is 2.38 bits per heavy atom. The summed E-state index contributed by atoms with van der Waals surface area (Å²) >= 11 is 1.28. The molecule has 2 heterocycles. The van der Waals surface area contributed by atoms with Crippen LogP contribution in [0.2, 0.25) is 0 Å². The van der Waals surface area contributed by atoms with Crippen LogP contribution in [0.3, 0.4) is 0 Å². The Bertz CT molecular complexity index is 1760. The zero-order valence-electron chi connectivity index (χ0n) is 21.2. The van der Waals surface area contributed by atoms with Crippen molar-refractivity contribution >= 4 is 34.0 Å². The minimum Gasteiger partial charge on any atom is -0.496 e. The van der Waals surface area contributed by atoms with Gasteiger partial charge in [-0.15, -0.1) is 0 Å². The average molecular weight is 515 g/mol. The number of thiazole rings is 1. The quantitative estimate of drug-likeness (QED) is 0.389. The number of hydrogen-bond donors (Lipinski definition) is 0. The first-order chi connectivity index (χ1) is 17.9. The molecule has 0 saturated carbocycles. The molecule has 37 heavy (non-hydrogen) atoms. The van der Waals surface area contributed by atoms with Gasteiger partial charge in [-0.25, -0.2) is 4.99 Å². The first-order valence-electron chi connectivity index (χ1n) is 11.7. The van der Waals surface area contributed by atoms with Crippen LogP contribution in [0.5, 0.6) is 17.2 Å². The zero-order chi connectivity index (χ0) is 26.3. The number of ketones is 1. The van der Waals surface area contributed by atoms with E-state index in [4.69, 9.17) is 14.2 Å². The molecule has 0 fully saturated rings. The average Bonchev–Trinajstić information content (AvgIpc) is 3.20. The maximum Gasteiger partial charge on any atom is 0.271 e. The van der Waals surface area contributed by atoms with E-state index in [1.54, 1.807) is 38.0 Å². The lowest BCUT2D eigenvalue weighted by Crippen LogP contribution is -2.39. The van der Waals surface area contributed by atoms with Gasteiger partial charge in [-0.1, -0.05) is 47.7 Å². The van der Waals surface area contributed by atoms with Gasteiger partial charge in [-0.2, -0.15) is 0 Å². The van der Waals surface area contributed by atoms with Crippen molar-refractivity contribution in [2.75, 3.05) is 21.3 Å². The maximum atomic E-state index is 13.9. The van der Waals surface area contributed by atoms with Gasteiger partial charge in [0.1, 0.15) is 5.75 Å². The highest BCUT2D eigenvalue weighted by molar-refractivity contribution is 7.07. The highest BCUT2D eigenvalue weighted by Gasteiger charge is 2.33. The first kappa shape index (κ1) is 24.5. The molecule has 0 bridgehead atoms. The van der Waals surface area contributed by atoms with Crippen molar-refractivity contribution in [2.45, 2.75) is 19.9 Å². The Morgan fingerprint density at radius 2 is 1.68 bits per heavy atom. The fourth-order valence-corrected chi connectivity index (χ4v) is 5.92. The highest BCUT2D eigenvalue weighted by atomic mass is 32.1. The van der Waals surface area contributed by atoms with Gasteiger partial charge in [0, 0.05) is 16.8 Å². The van der Waals surface area contributed by atoms with E-state index in [-0.39, 0.29) is 11.3 Å². The van der Waals surface area contributed by atoms with Crippen molar-refractivity contribution in [1.29, 1.82) is 0 Å². The third-order valence-electron chi connectivity index (χ3n) is 6.53. The van der Waals surface area contributed by atoms with E-state index in [2.05, 4.69) is 4.99 Å². The summed E-state index contributed by atoms with van der Waals surface area (Å²) < 4.78 is 18.6. The van der Waals surface area contributed by atoms with E-state index < -0.39 is 6.04 Å². The van der Waals surface area contributed by atoms with E-state index in [9.17, 15) is 9.59 Å². The number of methoxy groups -OCH3 is 3. The van der Waals surface area contributed by atoms with Crippen LogP contribution in [0, 0.1) is 0 Å². The molecule has 1 aliphatic rings. The van der Waals surface area contributed by atoms with Crippen LogP contribution in [-0.2, 0) is 4.79 Å². The number of aromatic nitrogens is 1. The normalized spacial score (nSPS) is 15.4. The smallest absolute Gasteiger partial charge is 0.271 e. The Hall–Kier alpha value is -4.17. The summed E-state index contributed by atoms with van der Waals surface area (Å²) in [6.45, 7) is 3.32. The summed E-state index contributed by atoms with van der Waals surface area (Å²) in [6, 6.07) is 16.5. The molecule has 0 N–H and O–H groups in total. The largest absolute Gasteiger partial charge is 0.496 e. The fourth-order valence-electron chi connectivity index (χ4n) is 4.87. The molecular weight excluding hydrogens is 488 g/mol. The fraction of sp³-hybridized carbons (Fsp3) is 0.207. The molecular formula is C29H26N2O5S. The van der Waals surface area contributed by atoms with Gasteiger partial charge in [0.15, 0.2) is 22.1 Å². The first-order valence-corrected chi connectivity index (χ1v) is 12.5. The number of hydrogen-bond acceptors (Lipinski definition) is 7. The van der Waals surface area contributed by atoms with Crippen molar-refractivity contribution in [2.24, 2.45) is 4.99 Å². The molecule has 0 saturated heterocycles. The topological polar surface area (TPSA) is 79.1 Å². The van der Waals surface area contributed by atoms with Gasteiger partial charge >= 0.3 is 0 Å². The molecule has 0 aliphatic carbocycles. The summed E-state index contributed by atoms with van der Waals surface area (Å²) in [4.78, 5) is 32.1. The number of benzene rings is 3. The van der Waals surface area contributed by atoms with E-state index in [1.165, 1.54) is 18.3 Å². The van der Waals surface area contributed by atoms with Crippen molar-refractivity contribution in [3.8, 4) is 17.2 Å². The minimum absolute atomic E-state index is 0.143. The van der Waals surface area contributed by atoms with Crippen molar-refractivity contribution in [3.05, 3.63) is 96.7 Å². The molecule has 0 radical (unpaired) electrons. The van der Waals surface area contributed by atoms with Crippen LogP contribution in [0.15, 0.2) is 75.7 Å². The molecule has 1 aliphatic heterocycles. The number of rotatable bonds is 6. The Labute approximate surface area is 217 Å². The third-order valence-corrected chi connectivity index (χ3v) is 7.51. The van der Waals surface area contributed by atoms with E-state index >= 15 is 0 Å². The van der Waals surface area contributed by atoms with Crippen LogP contribution in [0.4, 0.5) is 0 Å². The third kappa shape index (κ3) is 4.13. The van der Waals surface area contributed by atoms with Crippen LogP contribution < -0.4 is 29.1 Å². The van der Waals surface area contributed by atoms with Crippen molar-refractivity contribution in [3.63, 3.8) is 0 Å². The lowest BCUT2D eigenvalue weighted by atomic mass is 9.89. The van der Waals surface area contributed by atoms with Gasteiger partial charge < -0.3 is 14.2 Å². The van der Waals surface area contributed by atoms with E-state index in [1.807, 2.05) is 55.5 Å². The molecule has 188 valence electrons. The molecule has 8 heteroatoms. The Morgan fingerprint density at radius 1 is 0.973 bits per heavy atom. The zero-order valence-corrected chi connectivity index (χ0v) is 22.0. The minimum atomic E-state index is -0.678. The van der Waals surface area contributed by atoms with E-state index in [0.29, 0.717) is 37.9 Å². The summed E-state index contributed by atoms with van der Waals surface area (Å²) in [7, 11) is 4.74. The van der Waals surface area contributed by atoms with Crippen molar-refractivity contribution < 1.29 is 19.0 Å². The van der Waals surface area contributed by atoms with Crippen LogP contribution in [-0.4, -0.2) is 31.7 Å². The predicted octanol–water partition coefficient (Wildman–Crippen LogP) is 4.00. The summed E-state index contributed by atoms with van der Waals surface area (Å²) in [6.07, 6.45) is 1.80. The number of carbonyl (C=O) groups is 1. The molecule has 4 aromatic rings. The lowest BCUT2D eigenvalue weighted by Gasteiger charge is -2.27. The maximum absolute atomic E-state index is 13.9. The number of allylic oxidation sites excluding steroid dienone is 2. The summed E-state index contributed by atoms with van der Waals surface area (Å²) in [5.74, 6) is 1.63. The molecule has 7 nitrogen and oxygen atoms in total. The SMILES string of the molecule is COc1ccc(/C=c2\sc3n(c2=O)[C@H](c2c(OC)ccc4ccccc24)C(C(C)=O)=C(C)N=3)cc1OC. The Kier molecular flexibility index (Phi) is 6.43. The molecule has 0 amide bonds. The van der Waals surface area contributed by atoms with Crippen LogP contribution >= 0.6 is 11.3 Å². The van der Waals surface area contributed by atoms with Crippen LogP contribution in [0.25, 0.3) is 16.8 Å². The molecule has 0 unspecified atom stereocenters. The van der Waals surface area contributed by atoms with Gasteiger partial charge in [0.05, 0.1) is 31.9 Å². The second kappa shape index (κ2) is 9.71. The van der Waals surface area contributed by atoms with Gasteiger partial charge in [0.2, 0.25) is 0 Å². The molecule has 1 atom stereocenters. The molecule has 1 aromatic heterocycles. The second-order valence-electron chi connectivity index (χ2n) is 8.66. The number of ether oxygens (including phenoxy) is 3. The number of Topliss-reactive ketones (excluding diaryl/α,β-unsaturated/α-hetero) is 1. The highest BCUT2D eigenvalue weighted by Crippen LogP contribution is 2.40. The summed E-state index contributed by atoms with van der Waals surface area (Å²) in [5, 5.41) is 1.90. The molecule has 5 rings (SSSR count). The standard InChI is InChI=1S/C29H26N2O5S/c1-16-25(17(2)32)27(26-20-9-7-6-8-19(20)11-13-22(26)35-4)31-28(33)24(37-29(31)30-16)15-18-10-12-21(34-3)23(14-18)36-5/h6-15,27H,1-5H3/b24-15-/t27-/m0/s1. The lowest BCUT2D eigenvalue weighted by molar-refractivity contribution is -0.114. The molecule has 0 spiro atoms. The van der Waals surface area contributed by atoms with Gasteiger partial charge in [-0.05, 0) is 54.5 Å². The van der Waals surface area contributed by atoms with Gasteiger partial charge in [0.25, 0.3) is 5.56 Å². The predicted molar refractivity (Wildman–Crippen MR) is 144 cm³/mol. The molecule has 3 aromatic carbocycles. The van der Waals surface area contributed by atoms with E-state index in [0.717, 1.165) is 21.9 Å². The monoisotopic (exact) mass is 514 g/mol. The number of nitrogens with zero attached hydrogens (tertiary/aromatic N) is 2. The summed E-state index contributed by atoms with van der Waals surface area (Å²) in [5.41, 5.74) is 2.37.